The normalized spacial score (nSPS) is 11.3. The van der Waals surface area contributed by atoms with Crippen LogP contribution in [0.25, 0.3) is 0 Å². The van der Waals surface area contributed by atoms with E-state index >= 15 is 0 Å². The number of hydrogen-bond donors (Lipinski definition) is 3. The molecule has 0 radical (unpaired) electrons. The molecule has 1 aromatic carbocycles. The van der Waals surface area contributed by atoms with Crippen molar-refractivity contribution in [1.82, 2.24) is 10.6 Å². The summed E-state index contributed by atoms with van der Waals surface area (Å²) >= 11 is 0. The Kier molecular flexibility index (Phi) is 8.21. The molecule has 4 N–H and O–H groups in total. The maximum atomic E-state index is 11.2. The van der Waals surface area contributed by atoms with E-state index in [4.69, 9.17) is 14.9 Å². The zero-order valence-corrected chi connectivity index (χ0v) is 15.0. The molecule has 0 aliphatic rings. The number of nitrogens with one attached hydrogen (secondary N) is 2. The Morgan fingerprint density at radius 3 is 2.88 bits per heavy atom. The number of aliphatic imine (C=N–C) groups is 1. The van der Waals surface area contributed by atoms with E-state index in [9.17, 15) is 4.79 Å². The zero-order valence-electron chi connectivity index (χ0n) is 15.0. The largest absolute Gasteiger partial charge is 0.467 e. The Morgan fingerprint density at radius 1 is 1.27 bits per heavy atom. The third-order valence-corrected chi connectivity index (χ3v) is 3.56. The summed E-state index contributed by atoms with van der Waals surface area (Å²) in [4.78, 5) is 15.8. The van der Waals surface area contributed by atoms with Gasteiger partial charge in [-0.25, -0.2) is 4.99 Å². The smallest absolute Gasteiger partial charge is 0.248 e. The second-order valence-electron chi connectivity index (χ2n) is 5.67. The van der Waals surface area contributed by atoms with E-state index in [-0.39, 0.29) is 0 Å². The van der Waals surface area contributed by atoms with Crippen LogP contribution in [0, 0.1) is 0 Å². The van der Waals surface area contributed by atoms with Crippen molar-refractivity contribution in [3.05, 3.63) is 59.5 Å². The minimum Gasteiger partial charge on any atom is -0.467 e. The van der Waals surface area contributed by atoms with Crippen molar-refractivity contribution in [2.45, 2.75) is 26.5 Å². The van der Waals surface area contributed by atoms with Gasteiger partial charge in [-0.3, -0.25) is 4.79 Å². The molecule has 0 spiro atoms. The molecule has 0 fully saturated rings. The number of amides is 1. The van der Waals surface area contributed by atoms with Gasteiger partial charge in [-0.1, -0.05) is 12.1 Å². The molecule has 0 saturated carbocycles. The van der Waals surface area contributed by atoms with Gasteiger partial charge in [-0.15, -0.1) is 0 Å². The van der Waals surface area contributed by atoms with Gasteiger partial charge in [0, 0.05) is 25.3 Å². The van der Waals surface area contributed by atoms with Crippen LogP contribution in [0.15, 0.2) is 52.1 Å². The van der Waals surface area contributed by atoms with Gasteiger partial charge < -0.3 is 25.5 Å². The molecule has 0 aliphatic carbocycles. The van der Waals surface area contributed by atoms with Crippen LogP contribution >= 0.6 is 0 Å². The molecular weight excluding hydrogens is 332 g/mol. The maximum Gasteiger partial charge on any atom is 0.248 e. The van der Waals surface area contributed by atoms with Gasteiger partial charge in [0.15, 0.2) is 5.96 Å². The van der Waals surface area contributed by atoms with Crippen LogP contribution in [0.2, 0.25) is 0 Å². The Bertz CT molecular complexity index is 699. The zero-order chi connectivity index (χ0) is 18.6. The minimum absolute atomic E-state index is 0.435. The number of ether oxygens (including phenoxy) is 1. The van der Waals surface area contributed by atoms with Crippen LogP contribution < -0.4 is 16.4 Å². The molecule has 2 rings (SSSR count). The van der Waals surface area contributed by atoms with Gasteiger partial charge in [0.2, 0.25) is 5.91 Å². The fourth-order valence-corrected chi connectivity index (χ4v) is 2.28. The summed E-state index contributed by atoms with van der Waals surface area (Å²) in [5, 5.41) is 6.46. The molecule has 0 aliphatic heterocycles. The van der Waals surface area contributed by atoms with Crippen molar-refractivity contribution in [2.24, 2.45) is 10.7 Å². The lowest BCUT2D eigenvalue weighted by atomic mass is 10.1. The number of nitrogens with two attached hydrogens (primary N) is 1. The fourth-order valence-electron chi connectivity index (χ4n) is 2.28. The SMILES string of the molecule is CCNC(=NCc1cccc(C(N)=O)c1)NCCCOCc1ccco1. The molecule has 0 saturated heterocycles. The second kappa shape index (κ2) is 10.9. The number of carbonyl (C=O) groups excluding carboxylic acids is 1. The van der Waals surface area contributed by atoms with Crippen LogP contribution in [0.5, 0.6) is 0 Å². The summed E-state index contributed by atoms with van der Waals surface area (Å²) in [6.45, 7) is 5.10. The minimum atomic E-state index is -0.435. The highest BCUT2D eigenvalue weighted by Gasteiger charge is 2.02. The van der Waals surface area contributed by atoms with E-state index < -0.39 is 5.91 Å². The van der Waals surface area contributed by atoms with Crippen LogP contribution in [0.4, 0.5) is 0 Å². The van der Waals surface area contributed by atoms with Gasteiger partial charge in [0.25, 0.3) is 0 Å². The monoisotopic (exact) mass is 358 g/mol. The van der Waals surface area contributed by atoms with E-state index in [1.807, 2.05) is 31.2 Å². The van der Waals surface area contributed by atoms with Crippen molar-refractivity contribution in [3.63, 3.8) is 0 Å². The molecule has 1 heterocycles. The van der Waals surface area contributed by atoms with Crippen molar-refractivity contribution in [3.8, 4) is 0 Å². The number of carbonyl (C=O) groups is 1. The molecule has 7 nitrogen and oxygen atoms in total. The average molecular weight is 358 g/mol. The van der Waals surface area contributed by atoms with E-state index in [1.165, 1.54) is 0 Å². The van der Waals surface area contributed by atoms with Crippen molar-refractivity contribution in [2.75, 3.05) is 19.7 Å². The highest BCUT2D eigenvalue weighted by molar-refractivity contribution is 5.92. The van der Waals surface area contributed by atoms with Gasteiger partial charge in [-0.05, 0) is 43.2 Å². The molecule has 2 aromatic rings. The van der Waals surface area contributed by atoms with Gasteiger partial charge >= 0.3 is 0 Å². The molecule has 26 heavy (non-hydrogen) atoms. The first-order chi connectivity index (χ1) is 12.7. The second-order valence-corrected chi connectivity index (χ2v) is 5.67. The number of benzene rings is 1. The van der Waals surface area contributed by atoms with Gasteiger partial charge in [0.1, 0.15) is 12.4 Å². The highest BCUT2D eigenvalue weighted by Crippen LogP contribution is 2.06. The highest BCUT2D eigenvalue weighted by atomic mass is 16.5. The Balaban J connectivity index is 1.73. The molecule has 7 heteroatoms. The lowest BCUT2D eigenvalue weighted by Crippen LogP contribution is -2.38. The van der Waals surface area contributed by atoms with Crippen LogP contribution in [0.3, 0.4) is 0 Å². The van der Waals surface area contributed by atoms with E-state index in [2.05, 4.69) is 15.6 Å². The van der Waals surface area contributed by atoms with Gasteiger partial charge in [0.05, 0.1) is 12.8 Å². The van der Waals surface area contributed by atoms with Crippen LogP contribution in [0.1, 0.15) is 35.0 Å². The maximum absolute atomic E-state index is 11.2. The van der Waals surface area contributed by atoms with Gasteiger partial charge in [-0.2, -0.15) is 0 Å². The van der Waals surface area contributed by atoms with Crippen molar-refractivity contribution in [1.29, 1.82) is 0 Å². The molecule has 140 valence electrons. The number of hydrogen-bond acceptors (Lipinski definition) is 4. The standard InChI is InChI=1S/C19H26N4O3/c1-2-21-19(22-9-5-10-25-14-17-8-4-11-26-17)23-13-15-6-3-7-16(12-15)18(20)24/h3-4,6-8,11-12H,2,5,9-10,13-14H2,1H3,(H2,20,24)(H2,21,22,23). The first-order valence-electron chi connectivity index (χ1n) is 8.70. The van der Waals surface area contributed by atoms with Crippen molar-refractivity contribution < 1.29 is 13.9 Å². The van der Waals surface area contributed by atoms with Crippen LogP contribution in [-0.2, 0) is 17.9 Å². The molecule has 1 amide bonds. The molecule has 0 atom stereocenters. The topological polar surface area (TPSA) is 102 Å². The van der Waals surface area contributed by atoms with E-state index in [0.717, 1.165) is 36.8 Å². The summed E-state index contributed by atoms with van der Waals surface area (Å²) < 4.78 is 10.8. The van der Waals surface area contributed by atoms with E-state index in [1.54, 1.807) is 18.4 Å². The number of primary amides is 1. The lowest BCUT2D eigenvalue weighted by molar-refractivity contribution is 0.1000. The predicted octanol–water partition coefficient (Wildman–Crippen LogP) is 2.04. The predicted molar refractivity (Wildman–Crippen MR) is 101 cm³/mol. The average Bonchev–Trinajstić information content (AvgIpc) is 3.16. The fraction of sp³-hybridized carbons (Fsp3) is 0.368. The number of nitrogens with zero attached hydrogens (tertiary/aromatic N) is 1. The third kappa shape index (κ3) is 6.98. The molecule has 0 bridgehead atoms. The third-order valence-electron chi connectivity index (χ3n) is 3.56. The first kappa shape index (κ1) is 19.5. The summed E-state index contributed by atoms with van der Waals surface area (Å²) in [6, 6.07) is 10.9. The summed E-state index contributed by atoms with van der Waals surface area (Å²) in [6.07, 6.45) is 2.49. The Morgan fingerprint density at radius 2 is 2.15 bits per heavy atom. The summed E-state index contributed by atoms with van der Waals surface area (Å²) in [7, 11) is 0. The Labute approximate surface area is 153 Å². The van der Waals surface area contributed by atoms with Crippen LogP contribution in [-0.4, -0.2) is 31.6 Å². The quantitative estimate of drug-likeness (QED) is 0.343. The molecular formula is C19H26N4O3. The Hall–Kier alpha value is -2.80. The first-order valence-corrected chi connectivity index (χ1v) is 8.70. The van der Waals surface area contributed by atoms with Crippen molar-refractivity contribution >= 4 is 11.9 Å². The molecule has 0 unspecified atom stereocenters. The summed E-state index contributed by atoms with van der Waals surface area (Å²) in [5.41, 5.74) is 6.73. The summed E-state index contributed by atoms with van der Waals surface area (Å²) in [5.74, 6) is 1.12. The van der Waals surface area contributed by atoms with E-state index in [0.29, 0.717) is 25.3 Å². The lowest BCUT2D eigenvalue weighted by Gasteiger charge is -2.11. The number of guanidine groups is 1. The molecule has 1 aromatic heterocycles. The number of furan rings is 1. The number of rotatable bonds is 10.